The molecule has 2 aromatic rings. The molecule has 2 aromatic carbocycles. The van der Waals surface area contributed by atoms with Crippen molar-refractivity contribution in [3.63, 3.8) is 0 Å². The normalized spacial score (nSPS) is 10.4. The predicted octanol–water partition coefficient (Wildman–Crippen LogP) is 3.58. The van der Waals surface area contributed by atoms with E-state index in [0.717, 1.165) is 5.56 Å². The lowest BCUT2D eigenvalue weighted by molar-refractivity contribution is -0.121. The van der Waals surface area contributed by atoms with E-state index in [4.69, 9.17) is 11.6 Å². The molecule has 0 saturated carbocycles. The van der Waals surface area contributed by atoms with E-state index in [1.54, 1.807) is 0 Å². The standard InChI is InChI=1S/C19H20ClFN2O2/c1-14(24)23(18-8-6-17(21)7-9-18)13-11-19(25)22-12-10-15-2-4-16(20)5-3-15/h2-9H,10-13H2,1H3,(H,22,25). The summed E-state index contributed by atoms with van der Waals surface area (Å²) in [5, 5.41) is 3.51. The van der Waals surface area contributed by atoms with Gasteiger partial charge in [-0.05, 0) is 48.4 Å². The topological polar surface area (TPSA) is 49.4 Å². The van der Waals surface area contributed by atoms with Gasteiger partial charge in [-0.1, -0.05) is 23.7 Å². The molecule has 0 radical (unpaired) electrons. The van der Waals surface area contributed by atoms with E-state index >= 15 is 0 Å². The van der Waals surface area contributed by atoms with Crippen LogP contribution in [0, 0.1) is 5.82 Å². The van der Waals surface area contributed by atoms with Crippen LogP contribution in [0.4, 0.5) is 10.1 Å². The first kappa shape index (κ1) is 18.9. The van der Waals surface area contributed by atoms with Crippen molar-refractivity contribution in [1.82, 2.24) is 5.32 Å². The molecule has 6 heteroatoms. The fourth-order valence-electron chi connectivity index (χ4n) is 2.39. The van der Waals surface area contributed by atoms with Gasteiger partial charge in [0.1, 0.15) is 5.82 Å². The van der Waals surface area contributed by atoms with Crippen molar-refractivity contribution in [2.75, 3.05) is 18.0 Å². The Morgan fingerprint density at radius 1 is 1.08 bits per heavy atom. The Bertz CT molecular complexity index is 717. The smallest absolute Gasteiger partial charge is 0.223 e. The van der Waals surface area contributed by atoms with Crippen molar-refractivity contribution in [1.29, 1.82) is 0 Å². The average Bonchev–Trinajstić information content (AvgIpc) is 2.58. The second kappa shape index (κ2) is 9.18. The molecule has 0 heterocycles. The summed E-state index contributed by atoms with van der Waals surface area (Å²) in [5.74, 6) is -0.699. The van der Waals surface area contributed by atoms with Gasteiger partial charge in [0.2, 0.25) is 11.8 Å². The van der Waals surface area contributed by atoms with Crippen LogP contribution in [0.25, 0.3) is 0 Å². The van der Waals surface area contributed by atoms with Crippen LogP contribution in [0.1, 0.15) is 18.9 Å². The lowest BCUT2D eigenvalue weighted by Gasteiger charge is -2.21. The summed E-state index contributed by atoms with van der Waals surface area (Å²) in [6.07, 6.45) is 0.884. The van der Waals surface area contributed by atoms with Crippen LogP contribution < -0.4 is 10.2 Å². The number of anilines is 1. The van der Waals surface area contributed by atoms with Crippen molar-refractivity contribution in [2.45, 2.75) is 19.8 Å². The van der Waals surface area contributed by atoms with Gasteiger partial charge < -0.3 is 10.2 Å². The van der Waals surface area contributed by atoms with Crippen LogP contribution in [0.3, 0.4) is 0 Å². The van der Waals surface area contributed by atoms with Crippen molar-refractivity contribution < 1.29 is 14.0 Å². The summed E-state index contributed by atoms with van der Waals surface area (Å²) in [5.41, 5.74) is 1.66. The van der Waals surface area contributed by atoms with E-state index in [0.29, 0.717) is 23.7 Å². The minimum atomic E-state index is -0.368. The first-order valence-corrected chi connectivity index (χ1v) is 8.38. The molecule has 0 bridgehead atoms. The fraction of sp³-hybridized carbons (Fsp3) is 0.263. The second-order valence-electron chi connectivity index (χ2n) is 5.62. The molecule has 0 unspecified atom stereocenters. The highest BCUT2D eigenvalue weighted by molar-refractivity contribution is 6.30. The van der Waals surface area contributed by atoms with E-state index in [2.05, 4.69) is 5.32 Å². The molecular weight excluding hydrogens is 343 g/mol. The lowest BCUT2D eigenvalue weighted by Crippen LogP contribution is -2.34. The summed E-state index contributed by atoms with van der Waals surface area (Å²) >= 11 is 5.83. The van der Waals surface area contributed by atoms with E-state index in [-0.39, 0.29) is 30.6 Å². The van der Waals surface area contributed by atoms with Crippen molar-refractivity contribution in [2.24, 2.45) is 0 Å². The highest BCUT2D eigenvalue weighted by Crippen LogP contribution is 2.15. The van der Waals surface area contributed by atoms with Gasteiger partial charge in [-0.2, -0.15) is 0 Å². The van der Waals surface area contributed by atoms with E-state index in [9.17, 15) is 14.0 Å². The molecular formula is C19H20ClFN2O2. The monoisotopic (exact) mass is 362 g/mol. The summed E-state index contributed by atoms with van der Waals surface area (Å²) in [4.78, 5) is 25.2. The molecule has 0 aliphatic rings. The van der Waals surface area contributed by atoms with Crippen molar-refractivity contribution >= 4 is 29.1 Å². The van der Waals surface area contributed by atoms with Crippen LogP contribution in [-0.4, -0.2) is 24.9 Å². The molecule has 0 saturated heterocycles. The number of nitrogens with zero attached hydrogens (tertiary/aromatic N) is 1. The van der Waals surface area contributed by atoms with Gasteiger partial charge in [-0.15, -0.1) is 0 Å². The third-order valence-corrected chi connectivity index (χ3v) is 3.98. The molecule has 0 atom stereocenters. The van der Waals surface area contributed by atoms with Crippen LogP contribution in [0.15, 0.2) is 48.5 Å². The van der Waals surface area contributed by atoms with E-state index in [1.165, 1.54) is 36.1 Å². The SMILES string of the molecule is CC(=O)N(CCC(=O)NCCc1ccc(Cl)cc1)c1ccc(F)cc1. The number of carbonyl (C=O) groups is 2. The third-order valence-electron chi connectivity index (χ3n) is 3.73. The second-order valence-corrected chi connectivity index (χ2v) is 6.06. The summed E-state index contributed by atoms with van der Waals surface area (Å²) in [7, 11) is 0. The van der Waals surface area contributed by atoms with Gasteiger partial charge in [0, 0.05) is 37.1 Å². The zero-order chi connectivity index (χ0) is 18.2. The highest BCUT2D eigenvalue weighted by atomic mass is 35.5. The minimum Gasteiger partial charge on any atom is -0.356 e. The first-order valence-electron chi connectivity index (χ1n) is 8.00. The Hall–Kier alpha value is -2.40. The molecule has 1 N–H and O–H groups in total. The fourth-order valence-corrected chi connectivity index (χ4v) is 2.51. The maximum atomic E-state index is 13.0. The number of benzene rings is 2. The average molecular weight is 363 g/mol. The molecule has 0 fully saturated rings. The Labute approximate surface area is 151 Å². The van der Waals surface area contributed by atoms with Crippen molar-refractivity contribution in [3.05, 3.63) is 64.9 Å². The minimum absolute atomic E-state index is 0.137. The highest BCUT2D eigenvalue weighted by Gasteiger charge is 2.13. The Balaban J connectivity index is 1.79. The molecule has 2 amide bonds. The predicted molar refractivity (Wildman–Crippen MR) is 97.2 cm³/mol. The molecule has 0 aliphatic carbocycles. The number of amides is 2. The first-order chi connectivity index (χ1) is 12.0. The molecule has 0 spiro atoms. The van der Waals surface area contributed by atoms with E-state index in [1.807, 2.05) is 24.3 Å². The molecule has 0 aromatic heterocycles. The molecule has 2 rings (SSSR count). The largest absolute Gasteiger partial charge is 0.356 e. The number of rotatable bonds is 7. The van der Waals surface area contributed by atoms with Gasteiger partial charge in [-0.25, -0.2) is 4.39 Å². The van der Waals surface area contributed by atoms with Gasteiger partial charge in [0.05, 0.1) is 0 Å². The Kier molecular flexibility index (Phi) is 6.95. The number of nitrogens with one attached hydrogen (secondary N) is 1. The Morgan fingerprint density at radius 2 is 1.72 bits per heavy atom. The van der Waals surface area contributed by atoms with Gasteiger partial charge >= 0.3 is 0 Å². The quantitative estimate of drug-likeness (QED) is 0.818. The van der Waals surface area contributed by atoms with Crippen LogP contribution in [0.2, 0.25) is 5.02 Å². The van der Waals surface area contributed by atoms with Gasteiger partial charge in [0.15, 0.2) is 0 Å². The molecule has 132 valence electrons. The third kappa shape index (κ3) is 6.19. The van der Waals surface area contributed by atoms with Crippen molar-refractivity contribution in [3.8, 4) is 0 Å². The zero-order valence-corrected chi connectivity index (χ0v) is 14.7. The van der Waals surface area contributed by atoms with Crippen LogP contribution in [-0.2, 0) is 16.0 Å². The zero-order valence-electron chi connectivity index (χ0n) is 14.0. The number of hydrogen-bond acceptors (Lipinski definition) is 2. The number of hydrogen-bond donors (Lipinski definition) is 1. The maximum Gasteiger partial charge on any atom is 0.223 e. The molecule has 0 aliphatic heterocycles. The van der Waals surface area contributed by atoms with Gasteiger partial charge in [-0.3, -0.25) is 9.59 Å². The molecule has 25 heavy (non-hydrogen) atoms. The number of halogens is 2. The summed E-state index contributed by atoms with van der Waals surface area (Å²) < 4.78 is 13.0. The van der Waals surface area contributed by atoms with E-state index < -0.39 is 0 Å². The van der Waals surface area contributed by atoms with Crippen LogP contribution >= 0.6 is 11.6 Å². The van der Waals surface area contributed by atoms with Crippen LogP contribution in [0.5, 0.6) is 0 Å². The Morgan fingerprint density at radius 3 is 2.32 bits per heavy atom. The molecule has 4 nitrogen and oxygen atoms in total. The van der Waals surface area contributed by atoms with Gasteiger partial charge in [0.25, 0.3) is 0 Å². The summed E-state index contributed by atoms with van der Waals surface area (Å²) in [6, 6.07) is 13.1. The lowest BCUT2D eigenvalue weighted by atomic mass is 10.1. The number of carbonyl (C=O) groups excluding carboxylic acids is 2. The summed E-state index contributed by atoms with van der Waals surface area (Å²) in [6.45, 7) is 2.17. The maximum absolute atomic E-state index is 13.0.